The Balaban J connectivity index is -0.000000464. The third-order valence-corrected chi connectivity index (χ3v) is 5.99. The molecule has 1 aliphatic rings. The van der Waals surface area contributed by atoms with Gasteiger partial charge in [-0.15, -0.1) is 0 Å². The Bertz CT molecular complexity index is 445. The van der Waals surface area contributed by atoms with Crippen LogP contribution in [0.5, 0.6) is 0 Å². The van der Waals surface area contributed by atoms with E-state index in [0.717, 1.165) is 26.4 Å². The van der Waals surface area contributed by atoms with Gasteiger partial charge < -0.3 is 18.6 Å². The molecule has 9 heteroatoms. The van der Waals surface area contributed by atoms with Crippen molar-refractivity contribution in [3.63, 3.8) is 0 Å². The van der Waals surface area contributed by atoms with E-state index in [-0.39, 0.29) is 59.1 Å². The third kappa shape index (κ3) is 67.4. The summed E-state index contributed by atoms with van der Waals surface area (Å²) in [5.41, 5.74) is 0. The van der Waals surface area contributed by atoms with E-state index in [0.29, 0.717) is 0 Å². The van der Waals surface area contributed by atoms with Crippen molar-refractivity contribution in [2.24, 2.45) is 0 Å². The minimum Gasteiger partial charge on any atom is -0.759 e. The zero-order valence-electron chi connectivity index (χ0n) is 25.2. The standard InChI is InChI=1S/C26H54O.C2H4O.2Na.H2O4S/c1-3-5-7-9-11-13-15-17-19-21-23-25-27-26-24-22-20-18-16-14-12-10-8-6-4-2;1-2-3-1;;;1-5(2,3)4/h3-26H2,1-2H3;1-2H2;;;(H2,1,2,3,4)/q;;2*+1;/p-2. The molecule has 37 heavy (non-hydrogen) atoms. The van der Waals surface area contributed by atoms with Gasteiger partial charge in [-0.05, 0) is 12.8 Å². The molecule has 0 bridgehead atoms. The largest absolute Gasteiger partial charge is 1.00 e. The van der Waals surface area contributed by atoms with Crippen molar-refractivity contribution in [1.82, 2.24) is 0 Å². The normalized spacial score (nSPS) is 11.8. The molecule has 6 nitrogen and oxygen atoms in total. The fraction of sp³-hybridized carbons (Fsp3) is 1.00. The first kappa shape index (κ1) is 45.8. The van der Waals surface area contributed by atoms with Gasteiger partial charge in [0, 0.05) is 23.6 Å². The van der Waals surface area contributed by atoms with Crippen LogP contribution in [0.15, 0.2) is 0 Å². The summed E-state index contributed by atoms with van der Waals surface area (Å²) in [5.74, 6) is 0. The van der Waals surface area contributed by atoms with E-state index in [1.165, 1.54) is 141 Å². The van der Waals surface area contributed by atoms with Crippen molar-refractivity contribution in [3.05, 3.63) is 0 Å². The second kappa shape index (κ2) is 39.9. The molecule has 1 aliphatic heterocycles. The Hall–Kier alpha value is 1.79. The molecule has 1 saturated heterocycles. The van der Waals surface area contributed by atoms with Crippen LogP contribution in [0.3, 0.4) is 0 Å². The van der Waals surface area contributed by atoms with Gasteiger partial charge in [0.15, 0.2) is 0 Å². The molecule has 1 rings (SSSR count). The van der Waals surface area contributed by atoms with Crippen molar-refractivity contribution in [1.29, 1.82) is 0 Å². The molecule has 1 heterocycles. The van der Waals surface area contributed by atoms with Gasteiger partial charge in [0.2, 0.25) is 0 Å². The van der Waals surface area contributed by atoms with Gasteiger partial charge >= 0.3 is 59.1 Å². The van der Waals surface area contributed by atoms with Crippen LogP contribution < -0.4 is 59.1 Å². The van der Waals surface area contributed by atoms with E-state index >= 15 is 0 Å². The average Bonchev–Trinajstić information content (AvgIpc) is 3.68. The summed E-state index contributed by atoms with van der Waals surface area (Å²) < 4.78 is 44.4. The summed E-state index contributed by atoms with van der Waals surface area (Å²) in [5, 5.41) is 0. The topological polar surface area (TPSA) is 102 Å². The molecule has 0 atom stereocenters. The summed E-state index contributed by atoms with van der Waals surface area (Å²) in [4.78, 5) is 0. The number of unbranched alkanes of at least 4 members (excludes halogenated alkanes) is 20. The van der Waals surface area contributed by atoms with Crippen LogP contribution in [0.2, 0.25) is 0 Å². The van der Waals surface area contributed by atoms with E-state index in [1.807, 2.05) is 0 Å². The molecule has 1 fully saturated rings. The van der Waals surface area contributed by atoms with Gasteiger partial charge in [-0.1, -0.05) is 142 Å². The maximum absolute atomic E-state index is 8.52. The van der Waals surface area contributed by atoms with Crippen LogP contribution in [-0.4, -0.2) is 44.0 Å². The molecule has 0 aromatic rings. The molecular formula is C28H58Na2O6S. The maximum atomic E-state index is 8.52. The third-order valence-electron chi connectivity index (χ3n) is 5.99. The van der Waals surface area contributed by atoms with E-state index in [4.69, 9.17) is 22.3 Å². The first-order valence-electron chi connectivity index (χ1n) is 14.7. The van der Waals surface area contributed by atoms with Crippen LogP contribution >= 0.6 is 0 Å². The van der Waals surface area contributed by atoms with Crippen molar-refractivity contribution < 1.29 is 86.1 Å². The molecule has 0 N–H and O–H groups in total. The SMILES string of the molecule is C1CO1.CCCCCCCCCCCCCOCCCCCCCCCCCCC.O=S(=O)([O-])[O-].[Na+].[Na+]. The van der Waals surface area contributed by atoms with Gasteiger partial charge in [-0.25, -0.2) is 0 Å². The summed E-state index contributed by atoms with van der Waals surface area (Å²) in [6.07, 6.45) is 31.1. The summed E-state index contributed by atoms with van der Waals surface area (Å²) in [7, 11) is -5.17. The second-order valence-corrected chi connectivity index (χ2v) is 10.5. The molecule has 0 spiro atoms. The molecule has 0 radical (unpaired) electrons. The zero-order chi connectivity index (χ0) is 26.3. The van der Waals surface area contributed by atoms with Gasteiger partial charge in [-0.2, -0.15) is 0 Å². The first-order valence-corrected chi connectivity index (χ1v) is 16.1. The fourth-order valence-corrected chi connectivity index (χ4v) is 3.84. The van der Waals surface area contributed by atoms with E-state index < -0.39 is 10.4 Å². The first-order chi connectivity index (χ1) is 16.9. The fourth-order valence-electron chi connectivity index (χ4n) is 3.84. The summed E-state index contributed by atoms with van der Waals surface area (Å²) in [6, 6.07) is 0. The van der Waals surface area contributed by atoms with Crippen LogP contribution in [0.25, 0.3) is 0 Å². The van der Waals surface area contributed by atoms with Crippen LogP contribution in [0, 0.1) is 0 Å². The molecule has 214 valence electrons. The molecule has 0 aliphatic carbocycles. The second-order valence-electron chi connectivity index (χ2n) is 9.70. The predicted molar refractivity (Wildman–Crippen MR) is 145 cm³/mol. The minimum atomic E-state index is -5.17. The quantitative estimate of drug-likeness (QED) is 0.0582. The van der Waals surface area contributed by atoms with Crippen LogP contribution in [-0.2, 0) is 19.9 Å². The zero-order valence-corrected chi connectivity index (χ0v) is 30.1. The van der Waals surface area contributed by atoms with Gasteiger partial charge in [0.1, 0.15) is 0 Å². The Morgan fingerprint density at radius 3 is 0.892 bits per heavy atom. The predicted octanol–water partition coefficient (Wildman–Crippen LogP) is 2.31. The molecule has 0 saturated carbocycles. The Labute approximate surface area is 275 Å². The van der Waals surface area contributed by atoms with Crippen LogP contribution in [0.4, 0.5) is 0 Å². The molecule has 0 amide bonds. The summed E-state index contributed by atoms with van der Waals surface area (Å²) in [6.45, 7) is 8.58. The van der Waals surface area contributed by atoms with Crippen LogP contribution in [0.1, 0.15) is 155 Å². The van der Waals surface area contributed by atoms with Gasteiger partial charge in [0.25, 0.3) is 0 Å². The molecular weight excluding hydrogens is 510 g/mol. The Morgan fingerprint density at radius 2 is 0.703 bits per heavy atom. The smallest absolute Gasteiger partial charge is 0.759 e. The number of rotatable bonds is 24. The molecule has 0 aromatic heterocycles. The average molecular weight is 569 g/mol. The van der Waals surface area contributed by atoms with E-state index in [9.17, 15) is 0 Å². The number of epoxide rings is 1. The van der Waals surface area contributed by atoms with Crippen molar-refractivity contribution in [2.75, 3.05) is 26.4 Å². The van der Waals surface area contributed by atoms with Gasteiger partial charge in [0.05, 0.1) is 13.2 Å². The van der Waals surface area contributed by atoms with Crippen molar-refractivity contribution in [2.45, 2.75) is 155 Å². The van der Waals surface area contributed by atoms with E-state index in [1.54, 1.807) is 0 Å². The molecule has 0 aromatic carbocycles. The van der Waals surface area contributed by atoms with Crippen molar-refractivity contribution in [3.8, 4) is 0 Å². The Morgan fingerprint density at radius 1 is 0.514 bits per heavy atom. The van der Waals surface area contributed by atoms with Crippen molar-refractivity contribution >= 4 is 10.4 Å². The Kier molecular flexibility index (Phi) is 49.4. The number of ether oxygens (including phenoxy) is 2. The summed E-state index contributed by atoms with van der Waals surface area (Å²) >= 11 is 0. The number of hydrogen-bond donors (Lipinski definition) is 0. The molecule has 0 unspecified atom stereocenters. The minimum absolute atomic E-state index is 0. The maximum Gasteiger partial charge on any atom is 1.00 e. The number of hydrogen-bond acceptors (Lipinski definition) is 6. The monoisotopic (exact) mass is 568 g/mol. The van der Waals surface area contributed by atoms with Gasteiger partial charge in [-0.3, -0.25) is 8.42 Å². The van der Waals surface area contributed by atoms with E-state index in [2.05, 4.69) is 18.6 Å².